The van der Waals surface area contributed by atoms with Gasteiger partial charge < -0.3 is 20.4 Å². The molecule has 0 spiro atoms. The van der Waals surface area contributed by atoms with Crippen molar-refractivity contribution >= 4 is 29.0 Å². The second-order valence-electron chi connectivity index (χ2n) is 9.45. The zero-order chi connectivity index (χ0) is 28.6. The maximum atomic E-state index is 13.0. The van der Waals surface area contributed by atoms with Gasteiger partial charge in [-0.25, -0.2) is 4.79 Å². The number of urea groups is 1. The number of hydrogen-bond donors (Lipinski definition) is 2. The molecule has 6 nitrogen and oxygen atoms in total. The fourth-order valence-corrected chi connectivity index (χ4v) is 4.33. The largest absolute Gasteiger partial charge is 0.416 e. The lowest BCUT2D eigenvalue weighted by Crippen LogP contribution is -2.48. The SMILES string of the molecule is CCCCCCCC(=O)N1CCN(c2ccc(NC(=O)Nc3cc(C(F)(F)F)cc(C(F)(F)F)c3)cc2)CC1. The molecule has 0 unspecified atom stereocenters. The summed E-state index contributed by atoms with van der Waals surface area (Å²) in [6, 6.07) is 6.53. The highest BCUT2D eigenvalue weighted by Gasteiger charge is 2.37. The Bertz CT molecular complexity index is 1080. The third-order valence-electron chi connectivity index (χ3n) is 6.46. The van der Waals surface area contributed by atoms with Crippen LogP contribution in [0.2, 0.25) is 0 Å². The van der Waals surface area contributed by atoms with Gasteiger partial charge in [0.25, 0.3) is 0 Å². The van der Waals surface area contributed by atoms with Gasteiger partial charge >= 0.3 is 18.4 Å². The molecule has 214 valence electrons. The van der Waals surface area contributed by atoms with Crippen molar-refractivity contribution in [3.63, 3.8) is 0 Å². The molecule has 0 aliphatic carbocycles. The number of hydrogen-bond acceptors (Lipinski definition) is 3. The van der Waals surface area contributed by atoms with E-state index >= 15 is 0 Å². The van der Waals surface area contributed by atoms with Crippen LogP contribution in [0.1, 0.15) is 56.6 Å². The van der Waals surface area contributed by atoms with Crippen LogP contribution in [-0.2, 0) is 17.1 Å². The van der Waals surface area contributed by atoms with Crippen LogP contribution < -0.4 is 15.5 Å². The Kier molecular flexibility index (Phi) is 10.1. The zero-order valence-corrected chi connectivity index (χ0v) is 21.6. The van der Waals surface area contributed by atoms with Gasteiger partial charge in [0.1, 0.15) is 0 Å². The number of halogens is 6. The summed E-state index contributed by atoms with van der Waals surface area (Å²) in [6.07, 6.45) is -4.02. The Hall–Kier alpha value is -3.44. The normalized spacial score (nSPS) is 14.3. The van der Waals surface area contributed by atoms with Crippen LogP contribution in [0.5, 0.6) is 0 Å². The van der Waals surface area contributed by atoms with E-state index in [9.17, 15) is 35.9 Å². The van der Waals surface area contributed by atoms with Gasteiger partial charge in [-0.3, -0.25) is 4.79 Å². The molecule has 1 fully saturated rings. The number of anilines is 3. The molecule has 2 aromatic carbocycles. The third-order valence-corrected chi connectivity index (χ3v) is 6.46. The summed E-state index contributed by atoms with van der Waals surface area (Å²) in [6.45, 7) is 4.65. The quantitative estimate of drug-likeness (QED) is 0.249. The second kappa shape index (κ2) is 13.1. The number of amides is 3. The lowest BCUT2D eigenvalue weighted by atomic mass is 10.1. The van der Waals surface area contributed by atoms with E-state index < -0.39 is 35.2 Å². The molecule has 1 aliphatic heterocycles. The van der Waals surface area contributed by atoms with Crippen molar-refractivity contribution in [3.05, 3.63) is 53.6 Å². The molecule has 3 rings (SSSR count). The summed E-state index contributed by atoms with van der Waals surface area (Å²) in [5, 5.41) is 4.44. The predicted molar refractivity (Wildman–Crippen MR) is 138 cm³/mol. The molecule has 0 saturated carbocycles. The molecule has 0 bridgehead atoms. The Balaban J connectivity index is 1.52. The number of carbonyl (C=O) groups excluding carboxylic acids is 2. The molecule has 0 atom stereocenters. The summed E-state index contributed by atoms with van der Waals surface area (Å²) in [5.74, 6) is 0.167. The minimum absolute atomic E-state index is 0.00776. The van der Waals surface area contributed by atoms with Crippen molar-refractivity contribution in [2.24, 2.45) is 0 Å². The van der Waals surface area contributed by atoms with E-state index in [1.54, 1.807) is 24.3 Å². The standard InChI is InChI=1S/C27H32F6N4O2/c1-2-3-4-5-6-7-24(38)37-14-12-36(13-15-37)23-10-8-21(9-11-23)34-25(39)35-22-17-19(26(28,29)30)16-20(18-22)27(31,32)33/h8-11,16-18H,2-7,12-15H2,1H3,(H2,34,35,39). The number of rotatable bonds is 9. The van der Waals surface area contributed by atoms with Gasteiger partial charge in [0.05, 0.1) is 11.1 Å². The number of unbranched alkanes of at least 4 members (excludes halogenated alkanes) is 4. The molecule has 1 heterocycles. The molecule has 2 N–H and O–H groups in total. The van der Waals surface area contributed by atoms with Gasteiger partial charge in [-0.1, -0.05) is 32.6 Å². The van der Waals surface area contributed by atoms with Crippen molar-refractivity contribution in [1.82, 2.24) is 4.90 Å². The fourth-order valence-electron chi connectivity index (χ4n) is 4.33. The molecule has 0 aromatic heterocycles. The first-order valence-electron chi connectivity index (χ1n) is 12.9. The van der Waals surface area contributed by atoms with Crippen molar-refractivity contribution in [1.29, 1.82) is 0 Å². The smallest absolute Gasteiger partial charge is 0.368 e. The molecule has 39 heavy (non-hydrogen) atoms. The van der Waals surface area contributed by atoms with E-state index in [-0.39, 0.29) is 12.0 Å². The Labute approximate surface area is 223 Å². The number of alkyl halides is 6. The van der Waals surface area contributed by atoms with Crippen LogP contribution in [0.25, 0.3) is 0 Å². The molecule has 1 saturated heterocycles. The lowest BCUT2D eigenvalue weighted by Gasteiger charge is -2.36. The maximum Gasteiger partial charge on any atom is 0.416 e. The Morgan fingerprint density at radius 1 is 0.744 bits per heavy atom. The average molecular weight is 559 g/mol. The van der Waals surface area contributed by atoms with Crippen LogP contribution in [-0.4, -0.2) is 43.0 Å². The van der Waals surface area contributed by atoms with E-state index in [1.165, 1.54) is 6.42 Å². The average Bonchev–Trinajstić information content (AvgIpc) is 2.88. The van der Waals surface area contributed by atoms with Crippen LogP contribution in [0.15, 0.2) is 42.5 Å². The minimum Gasteiger partial charge on any atom is -0.368 e. The van der Waals surface area contributed by atoms with Crippen LogP contribution in [0, 0.1) is 0 Å². The second-order valence-corrected chi connectivity index (χ2v) is 9.45. The monoisotopic (exact) mass is 558 g/mol. The molecule has 2 aromatic rings. The number of piperazine rings is 1. The van der Waals surface area contributed by atoms with Crippen LogP contribution in [0.3, 0.4) is 0 Å². The number of benzene rings is 2. The molecule has 12 heteroatoms. The summed E-state index contributed by atoms with van der Waals surface area (Å²) >= 11 is 0. The number of carbonyl (C=O) groups is 2. The zero-order valence-electron chi connectivity index (χ0n) is 21.6. The van der Waals surface area contributed by atoms with Crippen molar-refractivity contribution in [2.75, 3.05) is 41.7 Å². The number of nitrogens with one attached hydrogen (secondary N) is 2. The number of nitrogens with zero attached hydrogens (tertiary/aromatic N) is 2. The first-order valence-corrected chi connectivity index (χ1v) is 12.9. The van der Waals surface area contributed by atoms with E-state index in [0.29, 0.717) is 50.4 Å². The first-order chi connectivity index (χ1) is 18.4. The van der Waals surface area contributed by atoms with Gasteiger partial charge in [-0.15, -0.1) is 0 Å². The minimum atomic E-state index is -5.02. The maximum absolute atomic E-state index is 13.0. The Morgan fingerprint density at radius 2 is 1.28 bits per heavy atom. The van der Waals surface area contributed by atoms with E-state index in [4.69, 9.17) is 0 Å². The highest BCUT2D eigenvalue weighted by atomic mass is 19.4. The van der Waals surface area contributed by atoms with E-state index in [1.807, 2.05) is 10.2 Å². The van der Waals surface area contributed by atoms with Gasteiger partial charge in [0, 0.05) is 49.7 Å². The summed E-state index contributed by atoms with van der Waals surface area (Å²) < 4.78 is 78.2. The van der Waals surface area contributed by atoms with Crippen LogP contribution >= 0.6 is 0 Å². The Morgan fingerprint density at radius 3 is 1.82 bits per heavy atom. The summed E-state index contributed by atoms with van der Waals surface area (Å²) in [4.78, 5) is 28.7. The van der Waals surface area contributed by atoms with Crippen LogP contribution in [0.4, 0.5) is 48.2 Å². The van der Waals surface area contributed by atoms with Crippen molar-refractivity contribution < 1.29 is 35.9 Å². The third kappa shape index (κ3) is 9.07. The molecule has 0 radical (unpaired) electrons. The predicted octanol–water partition coefficient (Wildman–Crippen LogP) is 7.38. The molecule has 3 amide bonds. The molecular formula is C27H32F6N4O2. The highest BCUT2D eigenvalue weighted by molar-refractivity contribution is 6.00. The van der Waals surface area contributed by atoms with E-state index in [0.717, 1.165) is 31.4 Å². The summed E-state index contributed by atoms with van der Waals surface area (Å²) in [5.41, 5.74) is -2.52. The van der Waals surface area contributed by atoms with Gasteiger partial charge in [0.2, 0.25) is 5.91 Å². The topological polar surface area (TPSA) is 64.7 Å². The van der Waals surface area contributed by atoms with Gasteiger partial charge in [-0.05, 0) is 48.9 Å². The molecule has 1 aliphatic rings. The fraction of sp³-hybridized carbons (Fsp3) is 0.481. The van der Waals surface area contributed by atoms with E-state index in [2.05, 4.69) is 17.1 Å². The van der Waals surface area contributed by atoms with Crippen molar-refractivity contribution in [2.45, 2.75) is 57.8 Å². The van der Waals surface area contributed by atoms with Gasteiger partial charge in [-0.2, -0.15) is 26.3 Å². The highest BCUT2D eigenvalue weighted by Crippen LogP contribution is 2.37. The van der Waals surface area contributed by atoms with Crippen molar-refractivity contribution in [3.8, 4) is 0 Å². The first kappa shape index (κ1) is 30.1. The van der Waals surface area contributed by atoms with Gasteiger partial charge in [0.15, 0.2) is 0 Å². The summed E-state index contributed by atoms with van der Waals surface area (Å²) in [7, 11) is 0. The molecular weight excluding hydrogens is 526 g/mol. The lowest BCUT2D eigenvalue weighted by molar-refractivity contribution is -0.143.